The van der Waals surface area contributed by atoms with Gasteiger partial charge in [0.15, 0.2) is 0 Å². The molecule has 2 aliphatic rings. The quantitative estimate of drug-likeness (QED) is 0.787. The summed E-state index contributed by atoms with van der Waals surface area (Å²) in [6, 6.07) is 3.11. The molecule has 1 aromatic carbocycles. The SMILES string of the molecule is Cc1c(N2CCN(C)CC2)c(=O)oc2cc(O)cc(OCCN3CCCC3)c12. The van der Waals surface area contributed by atoms with E-state index in [1.807, 2.05) is 6.92 Å². The number of hydrogen-bond donors (Lipinski definition) is 1. The summed E-state index contributed by atoms with van der Waals surface area (Å²) in [7, 11) is 2.09. The third-order valence-corrected chi connectivity index (χ3v) is 5.86. The van der Waals surface area contributed by atoms with Gasteiger partial charge < -0.3 is 24.1 Å². The summed E-state index contributed by atoms with van der Waals surface area (Å²) in [5, 5.41) is 10.9. The summed E-state index contributed by atoms with van der Waals surface area (Å²) in [6.45, 7) is 8.97. The van der Waals surface area contributed by atoms with E-state index < -0.39 is 0 Å². The van der Waals surface area contributed by atoms with E-state index in [0.717, 1.165) is 56.8 Å². The molecule has 1 N–H and O–H groups in total. The summed E-state index contributed by atoms with van der Waals surface area (Å²) in [5.41, 5.74) is 1.47. The highest BCUT2D eigenvalue weighted by molar-refractivity contribution is 5.91. The summed E-state index contributed by atoms with van der Waals surface area (Å²) in [6.07, 6.45) is 2.49. The maximum Gasteiger partial charge on any atom is 0.360 e. The van der Waals surface area contributed by atoms with Crippen LogP contribution in [0.4, 0.5) is 5.69 Å². The fraction of sp³-hybridized carbons (Fsp3) is 0.571. The first kappa shape index (κ1) is 19.1. The van der Waals surface area contributed by atoms with Crippen molar-refractivity contribution in [1.29, 1.82) is 0 Å². The van der Waals surface area contributed by atoms with Crippen molar-refractivity contribution >= 4 is 16.7 Å². The monoisotopic (exact) mass is 387 g/mol. The average Bonchev–Trinajstić information content (AvgIpc) is 3.16. The van der Waals surface area contributed by atoms with Gasteiger partial charge in [0.25, 0.3) is 0 Å². The Bertz CT molecular complexity index is 897. The van der Waals surface area contributed by atoms with Gasteiger partial charge in [-0.15, -0.1) is 0 Å². The number of aromatic hydroxyl groups is 1. The normalized spacial score (nSPS) is 18.9. The van der Waals surface area contributed by atoms with Gasteiger partial charge in [0.2, 0.25) is 0 Å². The molecule has 2 saturated heterocycles. The maximum absolute atomic E-state index is 12.7. The second kappa shape index (κ2) is 8.01. The van der Waals surface area contributed by atoms with Crippen LogP contribution in [0.3, 0.4) is 0 Å². The van der Waals surface area contributed by atoms with Gasteiger partial charge in [-0.1, -0.05) is 0 Å². The van der Waals surface area contributed by atoms with Gasteiger partial charge in [-0.05, 0) is 45.5 Å². The number of aryl methyl sites for hydroxylation is 1. The Hall–Kier alpha value is -2.25. The zero-order valence-electron chi connectivity index (χ0n) is 16.7. The van der Waals surface area contributed by atoms with E-state index in [1.54, 1.807) is 6.07 Å². The lowest BCUT2D eigenvalue weighted by molar-refractivity contribution is 0.239. The minimum Gasteiger partial charge on any atom is -0.508 e. The molecule has 0 atom stereocenters. The second-order valence-corrected chi connectivity index (χ2v) is 7.87. The summed E-state index contributed by atoms with van der Waals surface area (Å²) >= 11 is 0. The van der Waals surface area contributed by atoms with Gasteiger partial charge in [0, 0.05) is 44.9 Å². The number of anilines is 1. The highest BCUT2D eigenvalue weighted by Gasteiger charge is 2.23. The molecule has 7 heteroatoms. The fourth-order valence-electron chi connectivity index (χ4n) is 4.25. The minimum atomic E-state index is -0.358. The van der Waals surface area contributed by atoms with Crippen molar-refractivity contribution in [1.82, 2.24) is 9.80 Å². The van der Waals surface area contributed by atoms with Gasteiger partial charge in [0.1, 0.15) is 29.4 Å². The summed E-state index contributed by atoms with van der Waals surface area (Å²) in [4.78, 5) is 19.4. The molecule has 0 radical (unpaired) electrons. The molecular formula is C21H29N3O4. The van der Waals surface area contributed by atoms with E-state index in [-0.39, 0.29) is 11.4 Å². The Morgan fingerprint density at radius 3 is 2.54 bits per heavy atom. The average molecular weight is 387 g/mol. The number of hydrogen-bond acceptors (Lipinski definition) is 7. The van der Waals surface area contributed by atoms with Crippen molar-refractivity contribution in [2.75, 3.05) is 64.4 Å². The Kier molecular flexibility index (Phi) is 5.46. The van der Waals surface area contributed by atoms with Gasteiger partial charge in [-0.2, -0.15) is 0 Å². The number of ether oxygens (including phenoxy) is 1. The molecule has 0 amide bonds. The zero-order chi connectivity index (χ0) is 19.7. The van der Waals surface area contributed by atoms with E-state index >= 15 is 0 Å². The number of piperazine rings is 1. The first-order chi connectivity index (χ1) is 13.5. The van der Waals surface area contributed by atoms with Crippen LogP contribution in [0.2, 0.25) is 0 Å². The van der Waals surface area contributed by atoms with Crippen molar-refractivity contribution in [3.8, 4) is 11.5 Å². The molecular weight excluding hydrogens is 358 g/mol. The van der Waals surface area contributed by atoms with Crippen LogP contribution in [0, 0.1) is 6.92 Å². The number of phenolic OH excluding ortho intramolecular Hbond substituents is 1. The van der Waals surface area contributed by atoms with Crippen molar-refractivity contribution in [2.24, 2.45) is 0 Å². The Morgan fingerprint density at radius 2 is 1.82 bits per heavy atom. The van der Waals surface area contributed by atoms with E-state index in [1.165, 1.54) is 18.9 Å². The first-order valence-electron chi connectivity index (χ1n) is 10.1. The molecule has 0 unspecified atom stereocenters. The van der Waals surface area contributed by atoms with E-state index in [9.17, 15) is 9.90 Å². The highest BCUT2D eigenvalue weighted by atomic mass is 16.5. The molecule has 2 aromatic rings. The topological polar surface area (TPSA) is 69.4 Å². The van der Waals surface area contributed by atoms with Crippen molar-refractivity contribution in [3.63, 3.8) is 0 Å². The number of likely N-dealkylation sites (tertiary alicyclic amines) is 1. The second-order valence-electron chi connectivity index (χ2n) is 7.87. The number of nitrogens with zero attached hydrogens (tertiary/aromatic N) is 3. The standard InChI is InChI=1S/C21H29N3O4/c1-15-19-17(27-12-11-23-5-3-4-6-23)13-16(25)14-18(19)28-21(26)20(15)24-9-7-22(2)8-10-24/h13-14,25H,3-12H2,1-2H3. The number of fused-ring (bicyclic) bond motifs is 1. The largest absolute Gasteiger partial charge is 0.508 e. The lowest BCUT2D eigenvalue weighted by atomic mass is 10.1. The Morgan fingerprint density at radius 1 is 1.11 bits per heavy atom. The third-order valence-electron chi connectivity index (χ3n) is 5.86. The molecule has 0 bridgehead atoms. The predicted molar refractivity (Wildman–Crippen MR) is 110 cm³/mol. The maximum atomic E-state index is 12.7. The molecule has 7 nitrogen and oxygen atoms in total. The number of rotatable bonds is 5. The fourth-order valence-corrected chi connectivity index (χ4v) is 4.25. The predicted octanol–water partition coefficient (Wildman–Crippen LogP) is 2.03. The van der Waals surface area contributed by atoms with Crippen LogP contribution < -0.4 is 15.3 Å². The lowest BCUT2D eigenvalue weighted by Crippen LogP contribution is -2.46. The van der Waals surface area contributed by atoms with Gasteiger partial charge >= 0.3 is 5.63 Å². The van der Waals surface area contributed by atoms with E-state index in [2.05, 4.69) is 21.7 Å². The Labute approximate surface area is 165 Å². The molecule has 0 saturated carbocycles. The summed E-state index contributed by atoms with van der Waals surface area (Å²) < 4.78 is 11.6. The molecule has 3 heterocycles. The smallest absolute Gasteiger partial charge is 0.360 e. The van der Waals surface area contributed by atoms with Crippen LogP contribution in [-0.2, 0) is 0 Å². The van der Waals surface area contributed by atoms with Crippen molar-refractivity contribution in [3.05, 3.63) is 28.1 Å². The third kappa shape index (κ3) is 3.82. The van der Waals surface area contributed by atoms with Gasteiger partial charge in [0.05, 0.1) is 5.39 Å². The van der Waals surface area contributed by atoms with Crippen LogP contribution in [0.5, 0.6) is 11.5 Å². The van der Waals surface area contributed by atoms with Crippen LogP contribution >= 0.6 is 0 Å². The van der Waals surface area contributed by atoms with Gasteiger partial charge in [-0.3, -0.25) is 4.90 Å². The van der Waals surface area contributed by atoms with Crippen LogP contribution in [-0.4, -0.2) is 74.4 Å². The molecule has 152 valence electrons. The number of phenols is 1. The van der Waals surface area contributed by atoms with E-state index in [0.29, 0.717) is 23.6 Å². The molecule has 28 heavy (non-hydrogen) atoms. The molecule has 0 aliphatic carbocycles. The molecule has 0 spiro atoms. The van der Waals surface area contributed by atoms with Crippen LogP contribution in [0.1, 0.15) is 18.4 Å². The van der Waals surface area contributed by atoms with Crippen molar-refractivity contribution in [2.45, 2.75) is 19.8 Å². The molecule has 1 aromatic heterocycles. The molecule has 2 fully saturated rings. The Balaban J connectivity index is 1.66. The number of likely N-dealkylation sites (N-methyl/N-ethyl adjacent to an activating group) is 1. The highest BCUT2D eigenvalue weighted by Crippen LogP contribution is 2.36. The molecule has 2 aliphatic heterocycles. The van der Waals surface area contributed by atoms with E-state index in [4.69, 9.17) is 9.15 Å². The lowest BCUT2D eigenvalue weighted by Gasteiger charge is -2.34. The summed E-state index contributed by atoms with van der Waals surface area (Å²) in [5.74, 6) is 0.615. The van der Waals surface area contributed by atoms with Crippen LogP contribution in [0.15, 0.2) is 21.3 Å². The van der Waals surface area contributed by atoms with Crippen molar-refractivity contribution < 1.29 is 14.3 Å². The van der Waals surface area contributed by atoms with Crippen LogP contribution in [0.25, 0.3) is 11.0 Å². The first-order valence-corrected chi connectivity index (χ1v) is 10.1. The zero-order valence-corrected chi connectivity index (χ0v) is 16.7. The molecule has 4 rings (SSSR count). The number of benzene rings is 1. The minimum absolute atomic E-state index is 0.0403. The van der Waals surface area contributed by atoms with Gasteiger partial charge in [-0.25, -0.2) is 4.79 Å².